The molecule has 0 spiro atoms. The second-order valence-corrected chi connectivity index (χ2v) is 2.33. The van der Waals surface area contributed by atoms with Crippen molar-refractivity contribution in [2.45, 2.75) is 5.51 Å². The number of nitroso groups, excluding NO2 is 1. The summed E-state index contributed by atoms with van der Waals surface area (Å²) < 4.78 is 57.5. The molecule has 0 aliphatic heterocycles. The smallest absolute Gasteiger partial charge is 0.279 e. The monoisotopic (exact) mass is 181 g/mol. The molecule has 0 aromatic rings. The molecule has 0 bridgehead atoms. The van der Waals surface area contributed by atoms with Crippen molar-refractivity contribution in [3.05, 3.63) is 4.91 Å². The number of halogens is 3. The second-order valence-electron chi connectivity index (χ2n) is 0.921. The molecule has 0 aromatic heterocycles. The van der Waals surface area contributed by atoms with Crippen LogP contribution in [0.2, 0.25) is 0 Å². The van der Waals surface area contributed by atoms with Crippen LogP contribution in [0.1, 0.15) is 0 Å². The van der Waals surface area contributed by atoms with Gasteiger partial charge in [-0.05, 0) is 0 Å². The minimum absolute atomic E-state index is 4.50. The lowest BCUT2D eigenvalue weighted by molar-refractivity contribution is -0.0510. The van der Waals surface area contributed by atoms with Gasteiger partial charge in [0.25, 0.3) is 0 Å². The first kappa shape index (κ1) is 12.0. The third-order valence-corrected chi connectivity index (χ3v) is 0.877. The molecule has 0 saturated heterocycles. The third-order valence-electron chi connectivity index (χ3n) is 0.292. The van der Waals surface area contributed by atoms with Crippen LogP contribution in [0.5, 0.6) is 0 Å². The molecule has 62 valence electrons. The number of alkyl halides is 3. The summed E-state index contributed by atoms with van der Waals surface area (Å²) >= 11 is 0. The van der Waals surface area contributed by atoms with Crippen LogP contribution >= 0.6 is 0 Å². The molecule has 0 atom stereocenters. The maximum absolute atomic E-state index is 10.7. The van der Waals surface area contributed by atoms with Crippen LogP contribution in [0.25, 0.3) is 0 Å². The van der Waals surface area contributed by atoms with Crippen LogP contribution in [0.4, 0.5) is 13.2 Å². The summed E-state index contributed by atoms with van der Waals surface area (Å²) in [6.45, 7) is 0. The highest BCUT2D eigenvalue weighted by Gasteiger charge is 2.44. The zero-order valence-corrected chi connectivity index (χ0v) is 5.03. The van der Waals surface area contributed by atoms with Gasteiger partial charge in [-0.2, -0.15) is 26.5 Å². The zero-order chi connectivity index (χ0) is 9.00. The average Bonchev–Trinajstić information content (AvgIpc) is 1.66. The van der Waals surface area contributed by atoms with Crippen molar-refractivity contribution in [3.8, 4) is 0 Å². The largest absolute Gasteiger partial charge is 0.522 e. The van der Waals surface area contributed by atoms with E-state index >= 15 is 0 Å². The zero-order valence-electron chi connectivity index (χ0n) is 4.21. The normalized spacial score (nSPS) is 11.6. The van der Waals surface area contributed by atoms with Gasteiger partial charge in [0.05, 0.1) is 0 Å². The summed E-state index contributed by atoms with van der Waals surface area (Å²) in [4.78, 5) is 7.50. The summed E-state index contributed by atoms with van der Waals surface area (Å²) in [6.07, 6.45) is 0. The van der Waals surface area contributed by atoms with E-state index < -0.39 is 15.6 Å². The number of rotatable bonds is 0. The van der Waals surface area contributed by atoms with Gasteiger partial charge >= 0.3 is 15.6 Å². The fourth-order valence-corrected chi connectivity index (χ4v) is 0. The first-order valence-corrected chi connectivity index (χ1v) is 2.93. The Hall–Kier alpha value is -0.700. The standard InChI is InChI=1S/CHF3O3S.HNO/c2-1(3,4)8(5,6)7;1-2/h(H,5,6,7);1H. The molecule has 2 N–H and O–H groups in total. The molecular formula is CH2F3NO4S. The van der Waals surface area contributed by atoms with E-state index in [2.05, 4.69) is 5.59 Å². The van der Waals surface area contributed by atoms with Crippen molar-refractivity contribution in [1.29, 1.82) is 5.59 Å². The van der Waals surface area contributed by atoms with Crippen molar-refractivity contribution in [1.82, 2.24) is 0 Å². The second kappa shape index (κ2) is 3.46. The van der Waals surface area contributed by atoms with Crippen LogP contribution in [-0.2, 0) is 10.1 Å². The Kier molecular flexibility index (Phi) is 4.16. The lowest BCUT2D eigenvalue weighted by atomic mass is 11.6. The van der Waals surface area contributed by atoms with Crippen molar-refractivity contribution in [2.24, 2.45) is 0 Å². The molecule has 0 rings (SSSR count). The van der Waals surface area contributed by atoms with Gasteiger partial charge in [0.2, 0.25) is 0 Å². The number of hydrogen-bond acceptors (Lipinski definition) is 4. The van der Waals surface area contributed by atoms with Gasteiger partial charge in [-0.25, -0.2) is 0 Å². The lowest BCUT2D eigenvalue weighted by Crippen LogP contribution is -2.21. The van der Waals surface area contributed by atoms with E-state index in [9.17, 15) is 13.2 Å². The van der Waals surface area contributed by atoms with E-state index in [-0.39, 0.29) is 0 Å². The highest BCUT2D eigenvalue weighted by atomic mass is 32.2. The molecule has 10 heavy (non-hydrogen) atoms. The molecule has 0 aromatic carbocycles. The SMILES string of the molecule is N=O.O=S(=O)(O)C(F)(F)F. The minimum atomic E-state index is -5.84. The van der Waals surface area contributed by atoms with Gasteiger partial charge in [0, 0.05) is 0 Å². The molecule has 0 fully saturated rings. The van der Waals surface area contributed by atoms with Crippen LogP contribution in [-0.4, -0.2) is 18.5 Å². The summed E-state index contributed by atoms with van der Waals surface area (Å²) in [6, 6.07) is 0. The summed E-state index contributed by atoms with van der Waals surface area (Å²) in [5, 5.41) is 0. The van der Waals surface area contributed by atoms with E-state index in [0.29, 0.717) is 0 Å². The molecule has 5 nitrogen and oxygen atoms in total. The quantitative estimate of drug-likeness (QED) is 0.327. The van der Waals surface area contributed by atoms with Crippen molar-refractivity contribution in [3.63, 3.8) is 0 Å². The van der Waals surface area contributed by atoms with Gasteiger partial charge in [-0.1, -0.05) is 5.59 Å². The maximum atomic E-state index is 10.7. The summed E-state index contributed by atoms with van der Waals surface area (Å²) in [5.74, 6) is 0. The fourth-order valence-electron chi connectivity index (χ4n) is 0. The van der Waals surface area contributed by atoms with Gasteiger partial charge < -0.3 is 0 Å². The third kappa shape index (κ3) is 4.21. The Labute approximate surface area is 53.4 Å². The Morgan fingerprint density at radius 3 is 1.30 bits per heavy atom. The van der Waals surface area contributed by atoms with E-state index in [1.807, 2.05) is 0 Å². The first-order valence-electron chi connectivity index (χ1n) is 1.49. The Balaban J connectivity index is 0. The minimum Gasteiger partial charge on any atom is -0.279 e. The Bertz CT molecular complexity index is 181. The van der Waals surface area contributed by atoms with E-state index in [1.54, 1.807) is 0 Å². The summed E-state index contributed by atoms with van der Waals surface area (Å²) in [5.41, 5.74) is -1.03. The molecule has 0 heterocycles. The molecule has 0 aliphatic rings. The molecule has 0 aliphatic carbocycles. The number of nitrogens with one attached hydrogen (secondary N) is 1. The Morgan fingerprint density at radius 2 is 1.30 bits per heavy atom. The van der Waals surface area contributed by atoms with Crippen LogP contribution < -0.4 is 0 Å². The van der Waals surface area contributed by atoms with E-state index in [1.165, 1.54) is 0 Å². The predicted octanol–water partition coefficient (Wildman–Crippen LogP) is 0.726. The van der Waals surface area contributed by atoms with Crippen LogP contribution in [0, 0.1) is 10.5 Å². The first-order chi connectivity index (χ1) is 4.25. The van der Waals surface area contributed by atoms with Crippen molar-refractivity contribution in [2.75, 3.05) is 0 Å². The van der Waals surface area contributed by atoms with E-state index in [0.717, 1.165) is 0 Å². The van der Waals surface area contributed by atoms with Crippen LogP contribution in [0.3, 0.4) is 0 Å². The summed E-state index contributed by atoms with van der Waals surface area (Å²) in [7, 11) is -5.84. The fraction of sp³-hybridized carbons (Fsp3) is 1.00. The Morgan fingerprint density at radius 1 is 1.20 bits per heavy atom. The van der Waals surface area contributed by atoms with Gasteiger partial charge in [0.1, 0.15) is 0 Å². The molecule has 0 amide bonds. The number of hydrogen-bond donors (Lipinski definition) is 2. The molecular weight excluding hydrogens is 179 g/mol. The van der Waals surface area contributed by atoms with Crippen molar-refractivity contribution >= 4 is 10.1 Å². The highest BCUT2D eigenvalue weighted by molar-refractivity contribution is 7.86. The van der Waals surface area contributed by atoms with Crippen LogP contribution in [0.15, 0.2) is 0 Å². The van der Waals surface area contributed by atoms with E-state index in [4.69, 9.17) is 17.9 Å². The maximum Gasteiger partial charge on any atom is 0.522 e. The van der Waals surface area contributed by atoms with Gasteiger partial charge in [0.15, 0.2) is 0 Å². The molecule has 0 radical (unpaired) electrons. The highest BCUT2D eigenvalue weighted by Crippen LogP contribution is 2.20. The topological polar surface area (TPSA) is 95.3 Å². The molecule has 9 heteroatoms. The average molecular weight is 181 g/mol. The molecule has 0 unspecified atom stereocenters. The van der Waals surface area contributed by atoms with Gasteiger partial charge in [-0.15, -0.1) is 0 Å². The van der Waals surface area contributed by atoms with Crippen molar-refractivity contribution < 1.29 is 26.1 Å². The lowest BCUT2D eigenvalue weighted by Gasteiger charge is -1.97. The van der Waals surface area contributed by atoms with Gasteiger partial charge in [-0.3, -0.25) is 4.55 Å². The molecule has 0 saturated carbocycles. The predicted molar refractivity (Wildman–Crippen MR) is 23.7 cm³/mol.